The Morgan fingerprint density at radius 3 is 2.59 bits per heavy atom. The van der Waals surface area contributed by atoms with Crippen LogP contribution in [0, 0.1) is 20.8 Å². The van der Waals surface area contributed by atoms with Crippen molar-refractivity contribution in [1.29, 1.82) is 0 Å². The zero-order valence-electron chi connectivity index (χ0n) is 17.0. The molecular formula is C23H25N5O. The fourth-order valence-electron chi connectivity index (χ4n) is 3.47. The summed E-state index contributed by atoms with van der Waals surface area (Å²) in [6.45, 7) is 12.2. The number of nitrogens with one attached hydrogen (secondary N) is 2. The predicted molar refractivity (Wildman–Crippen MR) is 117 cm³/mol. The Hall–Kier alpha value is -3.25. The topological polar surface area (TPSA) is 73.4 Å². The maximum absolute atomic E-state index is 12.5. The predicted octanol–water partition coefficient (Wildman–Crippen LogP) is 2.30. The summed E-state index contributed by atoms with van der Waals surface area (Å²) >= 11 is 0. The number of benzene rings is 2. The normalized spacial score (nSPS) is 12.3. The minimum Gasteiger partial charge on any atom is -0.321 e. The molecule has 0 saturated heterocycles. The number of rotatable bonds is 5. The molecule has 0 radical (unpaired) electrons. The largest absolute Gasteiger partial charge is 0.321 e. The van der Waals surface area contributed by atoms with Crippen LogP contribution >= 0.6 is 0 Å². The van der Waals surface area contributed by atoms with Crippen molar-refractivity contribution in [2.75, 3.05) is 18.0 Å². The Morgan fingerprint density at radius 1 is 1.10 bits per heavy atom. The fraction of sp³-hybridized carbons (Fsp3) is 0.261. The van der Waals surface area contributed by atoms with Crippen LogP contribution in [0.25, 0.3) is 6.58 Å². The van der Waals surface area contributed by atoms with E-state index >= 15 is 0 Å². The summed E-state index contributed by atoms with van der Waals surface area (Å²) in [5.74, 6) is 0.562. The summed E-state index contributed by atoms with van der Waals surface area (Å²) < 4.78 is 0. The van der Waals surface area contributed by atoms with Gasteiger partial charge in [-0.25, -0.2) is 9.98 Å². The summed E-state index contributed by atoms with van der Waals surface area (Å²) in [6, 6.07) is 12.6. The number of aromatic amines is 1. The molecule has 0 atom stereocenters. The third kappa shape index (κ3) is 3.84. The molecule has 3 aromatic rings. The summed E-state index contributed by atoms with van der Waals surface area (Å²) in [6.07, 6.45) is 0. The number of nitrogens with zero attached hydrogens (tertiary/aromatic N) is 3. The zero-order valence-corrected chi connectivity index (χ0v) is 17.0. The lowest BCUT2D eigenvalue weighted by atomic mass is 10.1. The molecule has 2 aromatic carbocycles. The lowest BCUT2D eigenvalue weighted by Gasteiger charge is -2.28. The van der Waals surface area contributed by atoms with Crippen molar-refractivity contribution < 1.29 is 0 Å². The van der Waals surface area contributed by atoms with Crippen molar-refractivity contribution in [3.63, 3.8) is 0 Å². The minimum absolute atomic E-state index is 0.263. The van der Waals surface area contributed by atoms with Crippen LogP contribution in [0.2, 0.25) is 0 Å². The van der Waals surface area contributed by atoms with Gasteiger partial charge in [-0.05, 0) is 49.6 Å². The van der Waals surface area contributed by atoms with E-state index in [4.69, 9.17) is 0 Å². The van der Waals surface area contributed by atoms with Crippen LogP contribution in [-0.4, -0.2) is 23.1 Å². The van der Waals surface area contributed by atoms with Crippen molar-refractivity contribution in [2.24, 2.45) is 4.99 Å². The first-order valence-corrected chi connectivity index (χ1v) is 9.75. The molecule has 6 heteroatoms. The van der Waals surface area contributed by atoms with Crippen LogP contribution in [0.4, 0.5) is 17.2 Å². The van der Waals surface area contributed by atoms with Crippen LogP contribution in [0.15, 0.2) is 46.2 Å². The monoisotopic (exact) mass is 387 g/mol. The van der Waals surface area contributed by atoms with E-state index in [0.717, 1.165) is 30.0 Å². The van der Waals surface area contributed by atoms with Gasteiger partial charge in [-0.3, -0.25) is 4.79 Å². The summed E-state index contributed by atoms with van der Waals surface area (Å²) in [5.41, 5.74) is 6.66. The van der Waals surface area contributed by atoms with E-state index in [2.05, 4.69) is 82.9 Å². The molecule has 2 N–H and O–H groups in total. The molecule has 0 bridgehead atoms. The summed E-state index contributed by atoms with van der Waals surface area (Å²) in [7, 11) is 0. The number of fused-ring (bicyclic) bond motifs is 2. The Kier molecular flexibility index (Phi) is 5.03. The molecule has 1 aliphatic rings. The van der Waals surface area contributed by atoms with Crippen molar-refractivity contribution in [1.82, 2.24) is 15.3 Å². The second-order valence-electron chi connectivity index (χ2n) is 7.54. The van der Waals surface area contributed by atoms with Gasteiger partial charge < -0.3 is 15.2 Å². The molecule has 0 unspecified atom stereocenters. The van der Waals surface area contributed by atoms with E-state index in [-0.39, 0.29) is 5.56 Å². The lowest BCUT2D eigenvalue weighted by molar-refractivity contribution is 0.682. The summed E-state index contributed by atoms with van der Waals surface area (Å²) in [5, 5.41) is 3.82. The van der Waals surface area contributed by atoms with E-state index in [0.29, 0.717) is 23.2 Å². The zero-order chi connectivity index (χ0) is 20.5. The van der Waals surface area contributed by atoms with E-state index in [1.165, 1.54) is 16.7 Å². The van der Waals surface area contributed by atoms with Crippen LogP contribution in [-0.2, 0) is 6.54 Å². The number of hydrogen-bond donors (Lipinski definition) is 2. The fourth-order valence-corrected chi connectivity index (χ4v) is 3.47. The highest BCUT2D eigenvalue weighted by Crippen LogP contribution is 2.36. The molecule has 1 aliphatic heterocycles. The minimum atomic E-state index is -0.263. The van der Waals surface area contributed by atoms with Gasteiger partial charge in [0.05, 0.1) is 11.4 Å². The van der Waals surface area contributed by atoms with Gasteiger partial charge in [0.2, 0.25) is 0 Å². The highest BCUT2D eigenvalue weighted by Gasteiger charge is 2.23. The van der Waals surface area contributed by atoms with Crippen LogP contribution in [0.3, 0.4) is 0 Å². The molecule has 0 aliphatic carbocycles. The average Bonchev–Trinajstić information content (AvgIpc) is 2.68. The van der Waals surface area contributed by atoms with Gasteiger partial charge >= 0.3 is 0 Å². The van der Waals surface area contributed by atoms with Crippen LogP contribution in [0.1, 0.15) is 22.3 Å². The maximum atomic E-state index is 12.5. The highest BCUT2D eigenvalue weighted by molar-refractivity contribution is 5.77. The molecule has 4 rings (SSSR count). The molecule has 6 nitrogen and oxygen atoms in total. The molecule has 0 amide bonds. The van der Waals surface area contributed by atoms with Gasteiger partial charge in [-0.1, -0.05) is 36.4 Å². The second kappa shape index (κ2) is 7.64. The first-order chi connectivity index (χ1) is 13.9. The summed E-state index contributed by atoms with van der Waals surface area (Å²) in [4.78, 5) is 26.3. The average molecular weight is 387 g/mol. The number of H-pyrrole nitrogens is 1. The van der Waals surface area contributed by atoms with Gasteiger partial charge in [0.15, 0.2) is 11.2 Å². The van der Waals surface area contributed by atoms with Gasteiger partial charge in [-0.2, -0.15) is 0 Å². The van der Waals surface area contributed by atoms with Gasteiger partial charge in [-0.15, -0.1) is 0 Å². The second-order valence-corrected chi connectivity index (χ2v) is 7.54. The number of aryl methyl sites for hydroxylation is 3. The molecule has 0 spiro atoms. The maximum Gasteiger partial charge on any atom is 0.279 e. The van der Waals surface area contributed by atoms with E-state index in [9.17, 15) is 4.79 Å². The van der Waals surface area contributed by atoms with Crippen molar-refractivity contribution in [3.8, 4) is 0 Å². The lowest BCUT2D eigenvalue weighted by Crippen LogP contribution is -2.43. The Balaban J connectivity index is 1.63. The smallest absolute Gasteiger partial charge is 0.279 e. The third-order valence-electron chi connectivity index (χ3n) is 5.26. The standard InChI is InChI=1S/C23H25N5O/c1-14-5-7-18(8-6-14)13-24-9-10-28-20-12-16(3)15(2)11-19(20)27-21-22(28)25-17(4)26-23(21)29/h5-8,11-12,24H,4,9-10,13H2,1-3H3,(H,26,29). The molecule has 0 saturated carbocycles. The molecule has 2 heterocycles. The first-order valence-electron chi connectivity index (χ1n) is 9.75. The van der Waals surface area contributed by atoms with Crippen molar-refractivity contribution in [3.05, 3.63) is 79.8 Å². The Morgan fingerprint density at radius 2 is 1.83 bits per heavy atom. The van der Waals surface area contributed by atoms with Gasteiger partial charge in [0, 0.05) is 19.6 Å². The first kappa shape index (κ1) is 19.1. The van der Waals surface area contributed by atoms with Crippen molar-refractivity contribution in [2.45, 2.75) is 27.3 Å². The Labute approximate surface area is 169 Å². The van der Waals surface area contributed by atoms with Crippen LogP contribution < -0.4 is 26.6 Å². The third-order valence-corrected chi connectivity index (χ3v) is 5.26. The Bertz CT molecular complexity index is 1230. The van der Waals surface area contributed by atoms with E-state index in [1.54, 1.807) is 0 Å². The quantitative estimate of drug-likeness (QED) is 0.659. The SMILES string of the molecule is C=c1nc2c(c(=O)[nH]1)=Nc1cc(C)c(C)cc1N2CCNCc1ccc(C)cc1. The van der Waals surface area contributed by atoms with Crippen LogP contribution in [0.5, 0.6) is 0 Å². The molecule has 1 aromatic heterocycles. The molecular weight excluding hydrogens is 362 g/mol. The molecule has 0 fully saturated rings. The number of hydrogen-bond acceptors (Lipinski definition) is 5. The highest BCUT2D eigenvalue weighted by atomic mass is 16.1. The number of aromatic nitrogens is 2. The molecule has 148 valence electrons. The van der Waals surface area contributed by atoms with Crippen molar-refractivity contribution >= 4 is 23.8 Å². The van der Waals surface area contributed by atoms with E-state index in [1.807, 2.05) is 6.07 Å². The molecule has 29 heavy (non-hydrogen) atoms. The van der Waals surface area contributed by atoms with Gasteiger partial charge in [0.25, 0.3) is 5.56 Å². The number of anilines is 2. The van der Waals surface area contributed by atoms with Gasteiger partial charge in [0.1, 0.15) is 5.48 Å². The van der Waals surface area contributed by atoms with E-state index < -0.39 is 0 Å².